The molecule has 0 amide bonds. The van der Waals surface area contributed by atoms with Crippen molar-refractivity contribution in [2.45, 2.75) is 43.9 Å². The zero-order valence-corrected chi connectivity index (χ0v) is 5.51. The van der Waals surface area contributed by atoms with Gasteiger partial charge >= 0.3 is 0 Å². The maximum absolute atomic E-state index is 9.33. The van der Waals surface area contributed by atoms with E-state index in [1.54, 1.807) is 0 Å². The molecule has 3 atom stereocenters. The Labute approximate surface area is 55.3 Å². The summed E-state index contributed by atoms with van der Waals surface area (Å²) in [7, 11) is 0. The van der Waals surface area contributed by atoms with Gasteiger partial charge in [-0.3, -0.25) is 0 Å². The third kappa shape index (κ3) is 0.864. The molecule has 2 aliphatic heterocycles. The van der Waals surface area contributed by atoms with Crippen LogP contribution >= 0.6 is 0 Å². The van der Waals surface area contributed by atoms with Crippen molar-refractivity contribution in [1.29, 1.82) is 0 Å². The topological polar surface area (TPSA) is 32.3 Å². The van der Waals surface area contributed by atoms with E-state index in [1.807, 2.05) is 0 Å². The normalized spacial score (nSPS) is 49.7. The lowest BCUT2D eigenvalue weighted by molar-refractivity contribution is 0.103. The Kier molecular flexibility index (Phi) is 1.24. The molecular formula is C7H13NO. The molecule has 0 radical (unpaired) electrons. The molecule has 2 saturated heterocycles. The third-order valence-electron chi connectivity index (χ3n) is 2.55. The third-order valence-corrected chi connectivity index (χ3v) is 2.55. The minimum absolute atomic E-state index is 0.0521. The molecule has 0 aliphatic carbocycles. The highest BCUT2D eigenvalue weighted by Gasteiger charge is 2.33. The van der Waals surface area contributed by atoms with Crippen LogP contribution in [0.15, 0.2) is 0 Å². The second-order valence-corrected chi connectivity index (χ2v) is 3.19. The van der Waals surface area contributed by atoms with Gasteiger partial charge in [0.15, 0.2) is 0 Å². The fourth-order valence-electron chi connectivity index (χ4n) is 1.95. The summed E-state index contributed by atoms with van der Waals surface area (Å²) in [5, 5.41) is 12.7. The SMILES string of the molecule is O[C@@H]1CCC2CC[C@H]1N2. The van der Waals surface area contributed by atoms with Crippen molar-refractivity contribution < 1.29 is 5.11 Å². The molecule has 52 valence electrons. The lowest BCUT2D eigenvalue weighted by Crippen LogP contribution is -2.43. The first-order valence-electron chi connectivity index (χ1n) is 3.80. The Morgan fingerprint density at radius 1 is 1.11 bits per heavy atom. The van der Waals surface area contributed by atoms with Crippen LogP contribution in [0.2, 0.25) is 0 Å². The summed E-state index contributed by atoms with van der Waals surface area (Å²) < 4.78 is 0. The van der Waals surface area contributed by atoms with E-state index < -0.39 is 0 Å². The smallest absolute Gasteiger partial charge is 0.0693 e. The monoisotopic (exact) mass is 127 g/mol. The molecule has 2 rings (SSSR count). The second-order valence-electron chi connectivity index (χ2n) is 3.19. The molecular weight excluding hydrogens is 114 g/mol. The molecule has 2 N–H and O–H groups in total. The molecule has 0 aromatic rings. The van der Waals surface area contributed by atoms with Crippen molar-refractivity contribution >= 4 is 0 Å². The van der Waals surface area contributed by atoms with Gasteiger partial charge in [0.2, 0.25) is 0 Å². The Hall–Kier alpha value is -0.0800. The predicted octanol–water partition coefficient (Wildman–Crippen LogP) is 0.262. The average molecular weight is 127 g/mol. The Morgan fingerprint density at radius 3 is 2.67 bits per heavy atom. The molecule has 0 spiro atoms. The van der Waals surface area contributed by atoms with E-state index >= 15 is 0 Å². The van der Waals surface area contributed by atoms with E-state index in [0.717, 1.165) is 12.5 Å². The first-order valence-corrected chi connectivity index (χ1v) is 3.80. The Morgan fingerprint density at radius 2 is 1.89 bits per heavy atom. The lowest BCUT2D eigenvalue weighted by atomic mass is 10.0. The number of aliphatic hydroxyl groups excluding tert-OH is 1. The van der Waals surface area contributed by atoms with Crippen molar-refractivity contribution in [3.63, 3.8) is 0 Å². The highest BCUT2D eigenvalue weighted by Crippen LogP contribution is 2.26. The van der Waals surface area contributed by atoms with E-state index in [1.165, 1.54) is 19.3 Å². The van der Waals surface area contributed by atoms with Gasteiger partial charge < -0.3 is 10.4 Å². The van der Waals surface area contributed by atoms with Gasteiger partial charge in [0, 0.05) is 12.1 Å². The molecule has 9 heavy (non-hydrogen) atoms. The zero-order chi connectivity index (χ0) is 6.27. The van der Waals surface area contributed by atoms with Crippen molar-refractivity contribution in [3.05, 3.63) is 0 Å². The van der Waals surface area contributed by atoms with Crippen LogP contribution in [0.4, 0.5) is 0 Å². The molecule has 2 fully saturated rings. The van der Waals surface area contributed by atoms with Crippen LogP contribution in [-0.4, -0.2) is 23.3 Å². The van der Waals surface area contributed by atoms with Gasteiger partial charge in [-0.25, -0.2) is 0 Å². The van der Waals surface area contributed by atoms with Gasteiger partial charge in [0.25, 0.3) is 0 Å². The number of hydrogen-bond donors (Lipinski definition) is 2. The number of aliphatic hydroxyl groups is 1. The fourth-order valence-corrected chi connectivity index (χ4v) is 1.95. The van der Waals surface area contributed by atoms with Gasteiger partial charge in [0.1, 0.15) is 0 Å². The highest BCUT2D eigenvalue weighted by atomic mass is 16.3. The largest absolute Gasteiger partial charge is 0.392 e. The average Bonchev–Trinajstić information content (AvgIpc) is 2.25. The summed E-state index contributed by atoms with van der Waals surface area (Å²) in [6.45, 7) is 0. The van der Waals surface area contributed by atoms with Gasteiger partial charge in [-0.1, -0.05) is 0 Å². The summed E-state index contributed by atoms with van der Waals surface area (Å²) in [6.07, 6.45) is 4.61. The van der Waals surface area contributed by atoms with Crippen molar-refractivity contribution in [1.82, 2.24) is 5.32 Å². The first-order chi connectivity index (χ1) is 4.36. The summed E-state index contributed by atoms with van der Waals surface area (Å²) in [5.41, 5.74) is 0. The predicted molar refractivity (Wildman–Crippen MR) is 35.2 cm³/mol. The van der Waals surface area contributed by atoms with E-state index in [9.17, 15) is 5.11 Å². The quantitative estimate of drug-likeness (QED) is 0.489. The minimum atomic E-state index is -0.0521. The summed E-state index contributed by atoms with van der Waals surface area (Å²) in [6, 6.07) is 1.17. The van der Waals surface area contributed by atoms with Crippen LogP contribution < -0.4 is 5.32 Å². The van der Waals surface area contributed by atoms with Gasteiger partial charge in [0.05, 0.1) is 6.10 Å². The summed E-state index contributed by atoms with van der Waals surface area (Å²) in [4.78, 5) is 0. The Bertz CT molecular complexity index is 115. The van der Waals surface area contributed by atoms with Crippen LogP contribution in [0, 0.1) is 0 Å². The highest BCUT2D eigenvalue weighted by molar-refractivity contribution is 4.93. The van der Waals surface area contributed by atoms with Crippen LogP contribution in [-0.2, 0) is 0 Å². The Balaban J connectivity index is 2.05. The van der Waals surface area contributed by atoms with E-state index in [2.05, 4.69) is 5.32 Å². The van der Waals surface area contributed by atoms with E-state index in [-0.39, 0.29) is 6.10 Å². The summed E-state index contributed by atoms with van der Waals surface area (Å²) in [5.74, 6) is 0. The molecule has 2 heteroatoms. The zero-order valence-electron chi connectivity index (χ0n) is 5.51. The van der Waals surface area contributed by atoms with Gasteiger partial charge in [-0.05, 0) is 25.7 Å². The van der Waals surface area contributed by atoms with Crippen LogP contribution in [0.3, 0.4) is 0 Å². The number of piperidine rings is 1. The second kappa shape index (κ2) is 1.96. The van der Waals surface area contributed by atoms with Gasteiger partial charge in [-0.15, -0.1) is 0 Å². The minimum Gasteiger partial charge on any atom is -0.392 e. The number of nitrogens with one attached hydrogen (secondary N) is 1. The maximum Gasteiger partial charge on any atom is 0.0693 e. The standard InChI is InChI=1S/C7H13NO/c9-7-4-2-5-1-3-6(7)8-5/h5-9H,1-4H2/t5?,6-,7-/m1/s1. The lowest BCUT2D eigenvalue weighted by Gasteiger charge is -2.25. The molecule has 0 aromatic carbocycles. The van der Waals surface area contributed by atoms with Crippen molar-refractivity contribution in [2.24, 2.45) is 0 Å². The van der Waals surface area contributed by atoms with Crippen molar-refractivity contribution in [3.8, 4) is 0 Å². The summed E-state index contributed by atoms with van der Waals surface area (Å²) >= 11 is 0. The van der Waals surface area contributed by atoms with Crippen LogP contribution in [0.1, 0.15) is 25.7 Å². The first kappa shape index (κ1) is 5.69. The van der Waals surface area contributed by atoms with Gasteiger partial charge in [-0.2, -0.15) is 0 Å². The number of fused-ring (bicyclic) bond motifs is 2. The van der Waals surface area contributed by atoms with Crippen molar-refractivity contribution in [2.75, 3.05) is 0 Å². The van der Waals surface area contributed by atoms with E-state index in [4.69, 9.17) is 0 Å². The molecule has 2 bridgehead atoms. The molecule has 2 nitrogen and oxygen atoms in total. The molecule has 2 aliphatic rings. The number of rotatable bonds is 0. The molecule has 1 unspecified atom stereocenters. The maximum atomic E-state index is 9.33. The van der Waals surface area contributed by atoms with Crippen LogP contribution in [0.5, 0.6) is 0 Å². The molecule has 0 aromatic heterocycles. The van der Waals surface area contributed by atoms with Crippen LogP contribution in [0.25, 0.3) is 0 Å². The fraction of sp³-hybridized carbons (Fsp3) is 1.00. The molecule has 0 saturated carbocycles. The number of hydrogen-bond acceptors (Lipinski definition) is 2. The molecule has 2 heterocycles. The van der Waals surface area contributed by atoms with E-state index in [0.29, 0.717) is 6.04 Å².